The van der Waals surface area contributed by atoms with E-state index in [0.29, 0.717) is 18.3 Å². The van der Waals surface area contributed by atoms with E-state index in [0.717, 1.165) is 23.5 Å². The predicted molar refractivity (Wildman–Crippen MR) is 72.5 cm³/mol. The van der Waals surface area contributed by atoms with Crippen molar-refractivity contribution in [3.63, 3.8) is 0 Å². The Balaban J connectivity index is 2.53. The summed E-state index contributed by atoms with van der Waals surface area (Å²) in [6, 6.07) is 0.292. The first kappa shape index (κ1) is 14.5. The molecule has 1 amide bonds. The molecule has 0 saturated heterocycles. The van der Waals surface area contributed by atoms with Gasteiger partial charge in [0.25, 0.3) is 0 Å². The molecule has 0 N–H and O–H groups in total. The monoisotopic (exact) mass is 274 g/mol. The molecule has 1 aromatic heterocycles. The lowest BCUT2D eigenvalue weighted by molar-refractivity contribution is -0.131. The first-order valence-corrected chi connectivity index (χ1v) is 7.24. The highest BCUT2D eigenvalue weighted by Crippen LogP contribution is 2.14. The van der Waals surface area contributed by atoms with Crippen molar-refractivity contribution in [1.29, 1.82) is 0 Å². The Bertz CT molecular complexity index is 367. The van der Waals surface area contributed by atoms with E-state index in [4.69, 9.17) is 11.6 Å². The number of aromatic nitrogens is 1. The maximum absolute atomic E-state index is 12.0. The molecule has 0 fully saturated rings. The summed E-state index contributed by atoms with van der Waals surface area (Å²) in [7, 11) is 1.86. The van der Waals surface area contributed by atoms with Crippen molar-refractivity contribution in [3.05, 3.63) is 16.1 Å². The summed E-state index contributed by atoms with van der Waals surface area (Å²) >= 11 is 7.18. The van der Waals surface area contributed by atoms with Crippen molar-refractivity contribution >= 4 is 28.8 Å². The standard InChI is InChI=1S/C12H19ClN2OS/c1-4-5-9(2)15(3)12(16)6-11-14-10(7-13)8-17-11/h8-9H,4-7H2,1-3H3. The quantitative estimate of drug-likeness (QED) is 0.747. The van der Waals surface area contributed by atoms with E-state index in [1.165, 1.54) is 11.3 Å². The van der Waals surface area contributed by atoms with Gasteiger partial charge < -0.3 is 4.90 Å². The van der Waals surface area contributed by atoms with Gasteiger partial charge in [-0.1, -0.05) is 13.3 Å². The second-order valence-corrected chi connectivity index (χ2v) is 5.40. The molecule has 1 heterocycles. The largest absolute Gasteiger partial charge is 0.343 e. The number of amides is 1. The van der Waals surface area contributed by atoms with E-state index in [1.54, 1.807) is 0 Å². The molecule has 0 radical (unpaired) electrons. The Labute approximate surface area is 112 Å². The molecule has 1 aromatic rings. The molecule has 0 aromatic carbocycles. The number of halogens is 1. The van der Waals surface area contributed by atoms with Crippen LogP contribution in [0.1, 0.15) is 37.4 Å². The lowest BCUT2D eigenvalue weighted by atomic mass is 10.1. The predicted octanol–water partition coefficient (Wildman–Crippen LogP) is 3.07. The number of carbonyl (C=O) groups excluding carboxylic acids is 1. The average Bonchev–Trinajstić information content (AvgIpc) is 2.76. The van der Waals surface area contributed by atoms with Crippen LogP contribution in [0.4, 0.5) is 0 Å². The van der Waals surface area contributed by atoms with Crippen LogP contribution in [-0.4, -0.2) is 28.9 Å². The number of nitrogens with zero attached hydrogens (tertiary/aromatic N) is 2. The fraction of sp³-hybridized carbons (Fsp3) is 0.667. The van der Waals surface area contributed by atoms with Gasteiger partial charge in [-0.3, -0.25) is 4.79 Å². The van der Waals surface area contributed by atoms with E-state index in [2.05, 4.69) is 18.8 Å². The van der Waals surface area contributed by atoms with Crippen molar-refractivity contribution < 1.29 is 4.79 Å². The normalized spacial score (nSPS) is 12.5. The van der Waals surface area contributed by atoms with Crippen LogP contribution in [0.3, 0.4) is 0 Å². The minimum absolute atomic E-state index is 0.126. The van der Waals surface area contributed by atoms with Gasteiger partial charge in [-0.15, -0.1) is 22.9 Å². The van der Waals surface area contributed by atoms with Gasteiger partial charge in [-0.2, -0.15) is 0 Å². The number of carbonyl (C=O) groups is 1. The third kappa shape index (κ3) is 4.28. The first-order valence-electron chi connectivity index (χ1n) is 5.83. The summed E-state index contributed by atoms with van der Waals surface area (Å²) in [5.74, 6) is 0.536. The summed E-state index contributed by atoms with van der Waals surface area (Å²) < 4.78 is 0. The molecule has 0 bridgehead atoms. The van der Waals surface area contributed by atoms with Crippen molar-refractivity contribution in [2.45, 2.75) is 45.0 Å². The van der Waals surface area contributed by atoms with Crippen LogP contribution in [0, 0.1) is 0 Å². The molecular formula is C12H19ClN2OS. The Kier molecular flexibility index (Phi) is 5.92. The average molecular weight is 275 g/mol. The van der Waals surface area contributed by atoms with Crippen molar-refractivity contribution in [2.24, 2.45) is 0 Å². The number of hydrogen-bond donors (Lipinski definition) is 0. The van der Waals surface area contributed by atoms with Crippen LogP contribution < -0.4 is 0 Å². The van der Waals surface area contributed by atoms with Gasteiger partial charge in [-0.25, -0.2) is 4.98 Å². The highest BCUT2D eigenvalue weighted by molar-refractivity contribution is 7.09. The molecular weight excluding hydrogens is 256 g/mol. The summed E-state index contributed by atoms with van der Waals surface area (Å²) in [5.41, 5.74) is 0.851. The van der Waals surface area contributed by atoms with Crippen LogP contribution in [0.15, 0.2) is 5.38 Å². The second kappa shape index (κ2) is 6.97. The van der Waals surface area contributed by atoms with Gasteiger partial charge in [0.05, 0.1) is 18.0 Å². The fourth-order valence-electron chi connectivity index (χ4n) is 1.60. The lowest BCUT2D eigenvalue weighted by Gasteiger charge is -2.24. The zero-order chi connectivity index (χ0) is 12.8. The summed E-state index contributed by atoms with van der Waals surface area (Å²) in [5, 5.41) is 2.76. The van der Waals surface area contributed by atoms with Gasteiger partial charge in [0, 0.05) is 18.5 Å². The van der Waals surface area contributed by atoms with Gasteiger partial charge >= 0.3 is 0 Å². The highest BCUT2D eigenvalue weighted by atomic mass is 35.5. The third-order valence-electron chi connectivity index (χ3n) is 2.80. The van der Waals surface area contributed by atoms with Crippen LogP contribution in [-0.2, 0) is 17.1 Å². The molecule has 17 heavy (non-hydrogen) atoms. The zero-order valence-corrected chi connectivity index (χ0v) is 12.1. The zero-order valence-electron chi connectivity index (χ0n) is 10.6. The van der Waals surface area contributed by atoms with Gasteiger partial charge in [0.2, 0.25) is 5.91 Å². The first-order chi connectivity index (χ1) is 8.08. The van der Waals surface area contributed by atoms with Crippen LogP contribution in [0.2, 0.25) is 0 Å². The Morgan fingerprint density at radius 1 is 1.65 bits per heavy atom. The highest BCUT2D eigenvalue weighted by Gasteiger charge is 2.16. The van der Waals surface area contributed by atoms with Crippen molar-refractivity contribution in [3.8, 4) is 0 Å². The van der Waals surface area contributed by atoms with E-state index in [1.807, 2.05) is 17.3 Å². The molecule has 1 rings (SSSR count). The minimum atomic E-state index is 0.126. The lowest BCUT2D eigenvalue weighted by Crippen LogP contribution is -2.35. The fourth-order valence-corrected chi connectivity index (χ4v) is 2.62. The third-order valence-corrected chi connectivity index (χ3v) is 3.97. The molecule has 0 aliphatic carbocycles. The van der Waals surface area contributed by atoms with Crippen LogP contribution in [0.5, 0.6) is 0 Å². The van der Waals surface area contributed by atoms with Gasteiger partial charge in [0.15, 0.2) is 0 Å². The van der Waals surface area contributed by atoms with Gasteiger partial charge in [0.1, 0.15) is 5.01 Å². The second-order valence-electron chi connectivity index (χ2n) is 4.19. The smallest absolute Gasteiger partial charge is 0.229 e. The molecule has 1 atom stereocenters. The number of rotatable bonds is 6. The maximum Gasteiger partial charge on any atom is 0.229 e. The van der Waals surface area contributed by atoms with E-state index in [9.17, 15) is 4.79 Å². The summed E-state index contributed by atoms with van der Waals surface area (Å²) in [4.78, 5) is 18.1. The van der Waals surface area contributed by atoms with Crippen LogP contribution >= 0.6 is 22.9 Å². The molecule has 0 aliphatic heterocycles. The number of hydrogen-bond acceptors (Lipinski definition) is 3. The van der Waals surface area contributed by atoms with Crippen molar-refractivity contribution in [2.75, 3.05) is 7.05 Å². The number of thiazole rings is 1. The van der Waals surface area contributed by atoms with E-state index < -0.39 is 0 Å². The van der Waals surface area contributed by atoms with E-state index >= 15 is 0 Å². The summed E-state index contributed by atoms with van der Waals surface area (Å²) in [6.45, 7) is 4.20. The van der Waals surface area contributed by atoms with Crippen LogP contribution in [0.25, 0.3) is 0 Å². The molecule has 1 unspecified atom stereocenters. The molecule has 0 aliphatic rings. The molecule has 5 heteroatoms. The Hall–Kier alpha value is -0.610. The SMILES string of the molecule is CCCC(C)N(C)C(=O)Cc1nc(CCl)cs1. The van der Waals surface area contributed by atoms with Crippen molar-refractivity contribution in [1.82, 2.24) is 9.88 Å². The Morgan fingerprint density at radius 2 is 2.35 bits per heavy atom. The number of alkyl halides is 1. The maximum atomic E-state index is 12.0. The topological polar surface area (TPSA) is 33.2 Å². The summed E-state index contributed by atoms with van der Waals surface area (Å²) in [6.07, 6.45) is 2.51. The van der Waals surface area contributed by atoms with E-state index in [-0.39, 0.29) is 5.91 Å². The molecule has 3 nitrogen and oxygen atoms in total. The molecule has 0 spiro atoms. The molecule has 0 saturated carbocycles. The molecule has 96 valence electrons. The van der Waals surface area contributed by atoms with Gasteiger partial charge in [-0.05, 0) is 13.3 Å². The number of likely N-dealkylation sites (N-methyl/N-ethyl adjacent to an activating group) is 1. The minimum Gasteiger partial charge on any atom is -0.343 e. The Morgan fingerprint density at radius 3 is 2.88 bits per heavy atom.